The summed E-state index contributed by atoms with van der Waals surface area (Å²) < 4.78 is 1.92. The van der Waals surface area contributed by atoms with Crippen LogP contribution in [-0.4, -0.2) is 21.5 Å². The molecule has 3 nitrogen and oxygen atoms in total. The van der Waals surface area contributed by atoms with Gasteiger partial charge in [0.25, 0.3) is 0 Å². The molecule has 1 heterocycles. The van der Waals surface area contributed by atoms with Crippen LogP contribution in [0.1, 0.15) is 29.5 Å². The largest absolute Gasteiger partial charge is 0.396 e. The molecule has 18 heavy (non-hydrogen) atoms. The topological polar surface area (TPSA) is 38.0 Å². The summed E-state index contributed by atoms with van der Waals surface area (Å²) in [4.78, 5) is 0. The molecule has 0 fully saturated rings. The Kier molecular flexibility index (Phi) is 4.15. The van der Waals surface area contributed by atoms with Crippen molar-refractivity contribution in [3.05, 3.63) is 53.3 Å². The van der Waals surface area contributed by atoms with E-state index in [0.717, 1.165) is 13.0 Å². The predicted octanol–water partition coefficient (Wildman–Crippen LogP) is 2.53. The van der Waals surface area contributed by atoms with E-state index in [0.29, 0.717) is 0 Å². The van der Waals surface area contributed by atoms with Crippen molar-refractivity contribution in [3.8, 4) is 0 Å². The van der Waals surface area contributed by atoms with Crippen LogP contribution in [-0.2, 0) is 13.0 Å². The molecule has 96 valence electrons. The molecule has 0 bridgehead atoms. The lowest BCUT2D eigenvalue weighted by Gasteiger charge is -2.16. The molecule has 0 aliphatic rings. The van der Waals surface area contributed by atoms with Crippen LogP contribution >= 0.6 is 0 Å². The Balaban J connectivity index is 2.17. The first-order valence-corrected chi connectivity index (χ1v) is 6.42. The SMILES string of the molecule is CCn1cc(CC(CO)c2ccccc2C)cn1. The van der Waals surface area contributed by atoms with Crippen molar-refractivity contribution in [2.45, 2.75) is 32.7 Å². The molecule has 0 aliphatic carbocycles. The number of rotatable bonds is 5. The summed E-state index contributed by atoms with van der Waals surface area (Å²) in [5.74, 6) is 0.153. The number of nitrogens with zero attached hydrogens (tertiary/aromatic N) is 2. The second-order valence-corrected chi connectivity index (χ2v) is 4.64. The third-order valence-electron chi connectivity index (χ3n) is 3.34. The van der Waals surface area contributed by atoms with Crippen molar-refractivity contribution in [2.24, 2.45) is 0 Å². The van der Waals surface area contributed by atoms with Gasteiger partial charge in [-0.1, -0.05) is 24.3 Å². The van der Waals surface area contributed by atoms with Gasteiger partial charge < -0.3 is 5.11 Å². The summed E-state index contributed by atoms with van der Waals surface area (Å²) in [6.45, 7) is 5.21. The Bertz CT molecular complexity index is 505. The van der Waals surface area contributed by atoms with E-state index in [1.807, 2.05) is 23.0 Å². The van der Waals surface area contributed by atoms with Crippen LogP contribution in [0.4, 0.5) is 0 Å². The predicted molar refractivity (Wildman–Crippen MR) is 72.6 cm³/mol. The van der Waals surface area contributed by atoms with Crippen LogP contribution in [0.2, 0.25) is 0 Å². The average molecular weight is 244 g/mol. The minimum atomic E-state index is 0.153. The molecule has 0 radical (unpaired) electrons. The van der Waals surface area contributed by atoms with Crippen molar-refractivity contribution in [2.75, 3.05) is 6.61 Å². The normalized spacial score (nSPS) is 12.6. The maximum absolute atomic E-state index is 9.60. The average Bonchev–Trinajstić information content (AvgIpc) is 2.85. The molecule has 0 spiro atoms. The monoisotopic (exact) mass is 244 g/mol. The first kappa shape index (κ1) is 12.8. The number of aryl methyl sites for hydroxylation is 2. The van der Waals surface area contributed by atoms with E-state index in [1.54, 1.807) is 0 Å². The minimum Gasteiger partial charge on any atom is -0.396 e. The second-order valence-electron chi connectivity index (χ2n) is 4.64. The van der Waals surface area contributed by atoms with E-state index in [2.05, 4.69) is 37.3 Å². The summed E-state index contributed by atoms with van der Waals surface area (Å²) >= 11 is 0. The molecule has 0 aliphatic heterocycles. The van der Waals surface area contributed by atoms with Crippen LogP contribution in [0, 0.1) is 6.92 Å². The first-order chi connectivity index (χ1) is 8.74. The first-order valence-electron chi connectivity index (χ1n) is 6.42. The molecule has 3 heteroatoms. The molecule has 1 atom stereocenters. The molecule has 0 amide bonds. The lowest BCUT2D eigenvalue weighted by molar-refractivity contribution is 0.264. The van der Waals surface area contributed by atoms with Crippen molar-refractivity contribution < 1.29 is 5.11 Å². The van der Waals surface area contributed by atoms with Gasteiger partial charge >= 0.3 is 0 Å². The van der Waals surface area contributed by atoms with Gasteiger partial charge in [0.05, 0.1) is 12.8 Å². The van der Waals surface area contributed by atoms with Crippen LogP contribution in [0.3, 0.4) is 0 Å². The van der Waals surface area contributed by atoms with Crippen molar-refractivity contribution in [1.82, 2.24) is 9.78 Å². The number of aliphatic hydroxyl groups is 1. The molecule has 1 N–H and O–H groups in total. The number of benzene rings is 1. The van der Waals surface area contributed by atoms with Gasteiger partial charge in [-0.15, -0.1) is 0 Å². The molecule has 2 rings (SSSR count). The van der Waals surface area contributed by atoms with Crippen molar-refractivity contribution >= 4 is 0 Å². The molecule has 1 unspecified atom stereocenters. The van der Waals surface area contributed by atoms with Crippen molar-refractivity contribution in [3.63, 3.8) is 0 Å². The van der Waals surface area contributed by atoms with Gasteiger partial charge in [-0.25, -0.2) is 0 Å². The Morgan fingerprint density at radius 2 is 2.11 bits per heavy atom. The zero-order chi connectivity index (χ0) is 13.0. The molecule has 1 aromatic heterocycles. The summed E-state index contributed by atoms with van der Waals surface area (Å²) in [5.41, 5.74) is 3.64. The van der Waals surface area contributed by atoms with E-state index < -0.39 is 0 Å². The maximum Gasteiger partial charge on any atom is 0.0521 e. The van der Waals surface area contributed by atoms with Crippen molar-refractivity contribution in [1.29, 1.82) is 0 Å². The van der Waals surface area contributed by atoms with Crippen LogP contribution in [0.15, 0.2) is 36.7 Å². The smallest absolute Gasteiger partial charge is 0.0521 e. The summed E-state index contributed by atoms with van der Waals surface area (Å²) in [5, 5.41) is 13.9. The van der Waals surface area contributed by atoms with Gasteiger partial charge in [0.1, 0.15) is 0 Å². The fourth-order valence-corrected chi connectivity index (χ4v) is 2.29. The lowest BCUT2D eigenvalue weighted by Crippen LogP contribution is -2.09. The summed E-state index contributed by atoms with van der Waals surface area (Å²) in [6, 6.07) is 8.25. The highest BCUT2D eigenvalue weighted by atomic mass is 16.3. The highest BCUT2D eigenvalue weighted by Gasteiger charge is 2.14. The summed E-state index contributed by atoms with van der Waals surface area (Å²) in [7, 11) is 0. The van der Waals surface area contributed by atoms with E-state index in [1.165, 1.54) is 16.7 Å². The van der Waals surface area contributed by atoms with Gasteiger partial charge in [0.15, 0.2) is 0 Å². The van der Waals surface area contributed by atoms with Gasteiger partial charge in [0.2, 0.25) is 0 Å². The molecule has 2 aromatic rings. The number of hydrogen-bond acceptors (Lipinski definition) is 2. The second kappa shape index (κ2) is 5.83. The molecule has 0 saturated heterocycles. The lowest BCUT2D eigenvalue weighted by atomic mass is 9.91. The molecule has 1 aromatic carbocycles. The van der Waals surface area contributed by atoms with E-state index in [9.17, 15) is 5.11 Å². The van der Waals surface area contributed by atoms with E-state index in [4.69, 9.17) is 0 Å². The number of aromatic nitrogens is 2. The number of hydrogen-bond donors (Lipinski definition) is 1. The maximum atomic E-state index is 9.60. The fourth-order valence-electron chi connectivity index (χ4n) is 2.29. The highest BCUT2D eigenvalue weighted by Crippen LogP contribution is 2.23. The zero-order valence-electron chi connectivity index (χ0n) is 11.0. The number of aliphatic hydroxyl groups excluding tert-OH is 1. The van der Waals surface area contributed by atoms with Crippen LogP contribution in [0.25, 0.3) is 0 Å². The Hall–Kier alpha value is -1.61. The van der Waals surface area contributed by atoms with E-state index in [-0.39, 0.29) is 12.5 Å². The Morgan fingerprint density at radius 1 is 1.33 bits per heavy atom. The van der Waals surface area contributed by atoms with Gasteiger partial charge in [0, 0.05) is 18.7 Å². The van der Waals surface area contributed by atoms with Gasteiger partial charge in [-0.05, 0) is 37.0 Å². The fraction of sp³-hybridized carbons (Fsp3) is 0.400. The Labute approximate surface area is 108 Å². The van der Waals surface area contributed by atoms with Crippen LogP contribution < -0.4 is 0 Å². The molecular formula is C15H20N2O. The highest BCUT2D eigenvalue weighted by molar-refractivity contribution is 5.30. The zero-order valence-corrected chi connectivity index (χ0v) is 11.0. The third kappa shape index (κ3) is 2.79. The quantitative estimate of drug-likeness (QED) is 0.877. The van der Waals surface area contributed by atoms with Crippen LogP contribution in [0.5, 0.6) is 0 Å². The van der Waals surface area contributed by atoms with E-state index >= 15 is 0 Å². The van der Waals surface area contributed by atoms with Gasteiger partial charge in [-0.2, -0.15) is 5.10 Å². The standard InChI is InChI=1S/C15H20N2O/c1-3-17-10-13(9-16-17)8-14(11-18)15-7-5-4-6-12(15)2/h4-7,9-10,14,18H,3,8,11H2,1-2H3. The third-order valence-corrected chi connectivity index (χ3v) is 3.34. The Morgan fingerprint density at radius 3 is 2.72 bits per heavy atom. The van der Waals surface area contributed by atoms with Gasteiger partial charge in [-0.3, -0.25) is 4.68 Å². The molecule has 0 saturated carbocycles. The molecular weight excluding hydrogens is 224 g/mol. The summed E-state index contributed by atoms with van der Waals surface area (Å²) in [6.07, 6.45) is 4.78. The minimum absolute atomic E-state index is 0.153.